The van der Waals surface area contributed by atoms with Crippen molar-refractivity contribution in [3.63, 3.8) is 0 Å². The van der Waals surface area contributed by atoms with E-state index in [1.807, 2.05) is 13.0 Å². The van der Waals surface area contributed by atoms with Gasteiger partial charge in [0.05, 0.1) is 7.11 Å². The molecule has 0 saturated heterocycles. The number of amides is 1. The van der Waals surface area contributed by atoms with Crippen LogP contribution in [-0.4, -0.2) is 26.2 Å². The average Bonchev–Trinajstić information content (AvgIpc) is 2.49. The first-order chi connectivity index (χ1) is 9.71. The number of carbonyl (C=O) groups excluding carboxylic acids is 1. The Morgan fingerprint density at radius 1 is 1.45 bits per heavy atom. The summed E-state index contributed by atoms with van der Waals surface area (Å²) < 4.78 is 10.4. The maximum Gasteiger partial charge on any atom is 0.243 e. The van der Waals surface area contributed by atoms with Crippen LogP contribution in [0.25, 0.3) is 6.08 Å². The van der Waals surface area contributed by atoms with Crippen molar-refractivity contribution in [3.8, 4) is 17.6 Å². The zero-order valence-electron chi connectivity index (χ0n) is 11.7. The van der Waals surface area contributed by atoms with Gasteiger partial charge in [-0.05, 0) is 30.2 Å². The molecule has 0 aliphatic rings. The van der Waals surface area contributed by atoms with Crippen molar-refractivity contribution in [2.24, 2.45) is 0 Å². The first-order valence-electron chi connectivity index (χ1n) is 6.35. The maximum absolute atomic E-state index is 11.4. The molecule has 1 N–H and O–H groups in total. The van der Waals surface area contributed by atoms with Crippen LogP contribution in [0, 0.1) is 11.3 Å². The molecule has 0 aliphatic heterocycles. The van der Waals surface area contributed by atoms with Gasteiger partial charge in [-0.3, -0.25) is 4.79 Å². The van der Waals surface area contributed by atoms with Gasteiger partial charge in [-0.2, -0.15) is 5.26 Å². The van der Waals surface area contributed by atoms with Crippen molar-refractivity contribution < 1.29 is 14.3 Å². The number of nitrogens with one attached hydrogen (secondary N) is 1. The van der Waals surface area contributed by atoms with Crippen molar-refractivity contribution in [2.75, 3.05) is 20.3 Å². The van der Waals surface area contributed by atoms with Crippen molar-refractivity contribution >= 4 is 12.0 Å². The van der Waals surface area contributed by atoms with Crippen LogP contribution in [0.3, 0.4) is 0 Å². The number of nitrogens with zero attached hydrogens (tertiary/aromatic N) is 1. The summed E-state index contributed by atoms with van der Waals surface area (Å²) in [5, 5.41) is 11.2. The Hall–Kier alpha value is -2.48. The van der Waals surface area contributed by atoms with Gasteiger partial charge in [0, 0.05) is 12.6 Å². The zero-order chi connectivity index (χ0) is 14.8. The highest BCUT2D eigenvalue weighted by Gasteiger charge is 2.04. The Morgan fingerprint density at radius 3 is 2.90 bits per heavy atom. The number of carbonyl (C=O) groups is 1. The topological polar surface area (TPSA) is 71.3 Å². The summed E-state index contributed by atoms with van der Waals surface area (Å²) in [7, 11) is 1.52. The molecule has 5 nitrogen and oxygen atoms in total. The molecule has 1 aromatic carbocycles. The molecule has 0 fully saturated rings. The van der Waals surface area contributed by atoms with Gasteiger partial charge >= 0.3 is 0 Å². The number of nitriles is 1. The van der Waals surface area contributed by atoms with E-state index in [2.05, 4.69) is 5.32 Å². The molecule has 106 valence electrons. The van der Waals surface area contributed by atoms with E-state index in [-0.39, 0.29) is 12.5 Å². The van der Waals surface area contributed by atoms with Crippen molar-refractivity contribution in [3.05, 3.63) is 29.8 Å². The molecule has 0 aromatic heterocycles. The molecule has 20 heavy (non-hydrogen) atoms. The van der Waals surface area contributed by atoms with Gasteiger partial charge in [-0.25, -0.2) is 0 Å². The lowest BCUT2D eigenvalue weighted by atomic mass is 10.2. The van der Waals surface area contributed by atoms with Gasteiger partial charge < -0.3 is 14.8 Å². The minimum absolute atomic E-state index is 0.0367. The molecule has 0 unspecified atom stereocenters. The first kappa shape index (κ1) is 15.6. The molecule has 0 atom stereocenters. The molecular formula is C15H18N2O3. The number of hydrogen-bond donors (Lipinski definition) is 1. The molecule has 5 heteroatoms. The van der Waals surface area contributed by atoms with E-state index >= 15 is 0 Å². The Bertz CT molecular complexity index is 518. The van der Waals surface area contributed by atoms with Crippen molar-refractivity contribution in [2.45, 2.75) is 13.3 Å². The van der Waals surface area contributed by atoms with Crippen LogP contribution in [0.1, 0.15) is 18.9 Å². The number of rotatable bonds is 7. The molecule has 0 saturated carbocycles. The van der Waals surface area contributed by atoms with Crippen molar-refractivity contribution in [1.82, 2.24) is 5.32 Å². The van der Waals surface area contributed by atoms with E-state index in [1.54, 1.807) is 24.3 Å². The van der Waals surface area contributed by atoms with E-state index in [1.165, 1.54) is 13.2 Å². The summed E-state index contributed by atoms with van der Waals surface area (Å²) in [6.07, 6.45) is 4.07. The van der Waals surface area contributed by atoms with Crippen LogP contribution in [0.2, 0.25) is 0 Å². The van der Waals surface area contributed by atoms with E-state index in [0.717, 1.165) is 12.0 Å². The predicted octanol–water partition coefficient (Wildman–Crippen LogP) is 2.14. The zero-order valence-corrected chi connectivity index (χ0v) is 11.7. The fourth-order valence-corrected chi connectivity index (χ4v) is 1.50. The SMILES string of the molecule is CCCNC(=O)/C=C/c1ccc(OCC#N)c(OC)c1. The van der Waals surface area contributed by atoms with Crippen LogP contribution in [0.5, 0.6) is 11.5 Å². The van der Waals surface area contributed by atoms with Crippen LogP contribution >= 0.6 is 0 Å². The minimum atomic E-state index is -0.129. The highest BCUT2D eigenvalue weighted by atomic mass is 16.5. The van der Waals surface area contributed by atoms with Gasteiger partial charge in [0.25, 0.3) is 0 Å². The van der Waals surface area contributed by atoms with E-state index in [9.17, 15) is 4.79 Å². The highest BCUT2D eigenvalue weighted by molar-refractivity contribution is 5.91. The van der Waals surface area contributed by atoms with Crippen LogP contribution < -0.4 is 14.8 Å². The van der Waals surface area contributed by atoms with E-state index in [0.29, 0.717) is 18.0 Å². The van der Waals surface area contributed by atoms with E-state index in [4.69, 9.17) is 14.7 Å². The summed E-state index contributed by atoms with van der Waals surface area (Å²) in [5.74, 6) is 0.897. The molecule has 1 aromatic rings. The molecule has 0 radical (unpaired) electrons. The molecule has 0 bridgehead atoms. The van der Waals surface area contributed by atoms with Gasteiger partial charge in [0.1, 0.15) is 6.07 Å². The summed E-state index contributed by atoms with van der Waals surface area (Å²) >= 11 is 0. The molecule has 1 rings (SSSR count). The second kappa shape index (κ2) is 8.59. The summed E-state index contributed by atoms with van der Waals surface area (Å²) in [6.45, 7) is 2.62. The fourth-order valence-electron chi connectivity index (χ4n) is 1.50. The highest BCUT2D eigenvalue weighted by Crippen LogP contribution is 2.28. The third-order valence-corrected chi connectivity index (χ3v) is 2.46. The van der Waals surface area contributed by atoms with E-state index < -0.39 is 0 Å². The standard InChI is InChI=1S/C15H18N2O3/c1-3-9-17-15(18)7-5-12-4-6-13(20-10-8-16)14(11-12)19-2/h4-7,11H,3,9-10H2,1-2H3,(H,17,18)/b7-5+. The summed E-state index contributed by atoms with van der Waals surface area (Å²) in [5.41, 5.74) is 0.817. The minimum Gasteiger partial charge on any atom is -0.493 e. The normalized spacial score (nSPS) is 10.1. The number of benzene rings is 1. The molecule has 0 heterocycles. The number of hydrogen-bond acceptors (Lipinski definition) is 4. The monoisotopic (exact) mass is 274 g/mol. The number of methoxy groups -OCH3 is 1. The molecule has 0 aliphatic carbocycles. The lowest BCUT2D eigenvalue weighted by molar-refractivity contribution is -0.116. The van der Waals surface area contributed by atoms with Gasteiger partial charge in [-0.15, -0.1) is 0 Å². The predicted molar refractivity (Wildman–Crippen MR) is 76.4 cm³/mol. The summed E-state index contributed by atoms with van der Waals surface area (Å²) in [4.78, 5) is 11.4. The van der Waals surface area contributed by atoms with Crippen LogP contribution in [0.4, 0.5) is 0 Å². The molecule has 1 amide bonds. The second-order valence-corrected chi connectivity index (χ2v) is 3.98. The summed E-state index contributed by atoms with van der Waals surface area (Å²) in [6, 6.07) is 7.14. The van der Waals surface area contributed by atoms with Crippen molar-refractivity contribution in [1.29, 1.82) is 5.26 Å². The van der Waals surface area contributed by atoms with Crippen LogP contribution in [-0.2, 0) is 4.79 Å². The van der Waals surface area contributed by atoms with Crippen LogP contribution in [0.15, 0.2) is 24.3 Å². The maximum atomic E-state index is 11.4. The second-order valence-electron chi connectivity index (χ2n) is 3.98. The first-order valence-corrected chi connectivity index (χ1v) is 6.35. The Kier molecular flexibility index (Phi) is 6.69. The van der Waals surface area contributed by atoms with Gasteiger partial charge in [-0.1, -0.05) is 13.0 Å². The lowest BCUT2D eigenvalue weighted by Crippen LogP contribution is -2.21. The molecule has 0 spiro atoms. The quantitative estimate of drug-likeness (QED) is 0.773. The Morgan fingerprint density at radius 2 is 2.25 bits per heavy atom. The Balaban J connectivity index is 2.75. The third kappa shape index (κ3) is 5.02. The molecular weight excluding hydrogens is 256 g/mol. The smallest absolute Gasteiger partial charge is 0.243 e. The fraction of sp³-hybridized carbons (Fsp3) is 0.333. The Labute approximate surface area is 118 Å². The van der Waals surface area contributed by atoms with Gasteiger partial charge in [0.2, 0.25) is 5.91 Å². The number of ether oxygens (including phenoxy) is 2. The van der Waals surface area contributed by atoms with Gasteiger partial charge in [0.15, 0.2) is 18.1 Å². The third-order valence-electron chi connectivity index (χ3n) is 2.46. The lowest BCUT2D eigenvalue weighted by Gasteiger charge is -2.08. The largest absolute Gasteiger partial charge is 0.493 e. The average molecular weight is 274 g/mol.